The number of rotatable bonds is 2. The molecule has 0 unspecified atom stereocenters. The highest BCUT2D eigenvalue weighted by molar-refractivity contribution is 5.42. The number of non-ortho nitro benzene ring substituents is 1. The van der Waals surface area contributed by atoms with Crippen LogP contribution in [0.25, 0.3) is 5.69 Å². The van der Waals surface area contributed by atoms with Crippen molar-refractivity contribution in [1.82, 2.24) is 9.78 Å². The van der Waals surface area contributed by atoms with Crippen molar-refractivity contribution in [3.8, 4) is 5.69 Å². The molecule has 1 heterocycles. The maximum Gasteiger partial charge on any atom is 0.271 e. The maximum atomic E-state index is 10.9. The summed E-state index contributed by atoms with van der Waals surface area (Å²) in [5, 5.41) is 13.0. The third kappa shape index (κ3) is 1.78. The summed E-state index contributed by atoms with van der Waals surface area (Å²) in [6, 6.07) is 7.36. The van der Waals surface area contributed by atoms with Gasteiger partial charge in [0.1, 0.15) is 0 Å². The van der Waals surface area contributed by atoms with Gasteiger partial charge in [-0.2, -0.15) is 0 Å². The summed E-state index contributed by atoms with van der Waals surface area (Å²) >= 11 is 0. The lowest BCUT2D eigenvalue weighted by Crippen LogP contribution is -2.03. The molecule has 0 aliphatic heterocycles. The Labute approximate surface area is 83.9 Å². The zero-order valence-electron chi connectivity index (χ0n) is 7.58. The molecule has 0 fully saturated rings. The van der Waals surface area contributed by atoms with E-state index in [4.69, 9.17) is 0 Å². The Morgan fingerprint density at radius 2 is 2.13 bits per heavy atom. The summed E-state index contributed by atoms with van der Waals surface area (Å²) in [7, 11) is 0. The Balaban J connectivity index is 2.49. The smallest absolute Gasteiger partial charge is 0.268 e. The highest BCUT2D eigenvalue weighted by atomic mass is 16.6. The monoisotopic (exact) mass is 205 g/mol. The van der Waals surface area contributed by atoms with E-state index in [2.05, 4.69) is 5.10 Å². The summed E-state index contributed by atoms with van der Waals surface area (Å²) in [6.45, 7) is 0. The van der Waals surface area contributed by atoms with Gasteiger partial charge < -0.3 is 0 Å². The van der Waals surface area contributed by atoms with Crippen molar-refractivity contribution < 1.29 is 4.92 Å². The van der Waals surface area contributed by atoms with Crippen molar-refractivity contribution >= 4 is 5.69 Å². The molecule has 0 radical (unpaired) electrons. The normalized spacial score (nSPS) is 10.1. The van der Waals surface area contributed by atoms with Crippen molar-refractivity contribution in [3.63, 3.8) is 0 Å². The first kappa shape index (κ1) is 9.20. The second-order valence-corrected chi connectivity index (χ2v) is 2.94. The molecule has 1 aromatic heterocycles. The topological polar surface area (TPSA) is 80.9 Å². The minimum atomic E-state index is -0.481. The third-order valence-corrected chi connectivity index (χ3v) is 1.92. The Morgan fingerprint density at radius 3 is 2.73 bits per heavy atom. The van der Waals surface area contributed by atoms with Crippen molar-refractivity contribution in [1.29, 1.82) is 0 Å². The first-order valence-electron chi connectivity index (χ1n) is 4.19. The molecule has 0 atom stereocenters. The van der Waals surface area contributed by atoms with Gasteiger partial charge in [-0.05, 0) is 6.07 Å². The summed E-state index contributed by atoms with van der Waals surface area (Å²) in [5.74, 6) is 0. The predicted octanol–water partition coefficient (Wildman–Crippen LogP) is 1.07. The number of hydrogen-bond acceptors (Lipinski definition) is 3. The van der Waals surface area contributed by atoms with Crippen LogP contribution in [0.1, 0.15) is 0 Å². The minimum Gasteiger partial charge on any atom is -0.268 e. The van der Waals surface area contributed by atoms with Crippen molar-refractivity contribution in [2.75, 3.05) is 0 Å². The van der Waals surface area contributed by atoms with Gasteiger partial charge in [-0.15, -0.1) is 0 Å². The van der Waals surface area contributed by atoms with Crippen LogP contribution in [0.15, 0.2) is 41.3 Å². The molecule has 6 heteroatoms. The fourth-order valence-corrected chi connectivity index (χ4v) is 1.24. The van der Waals surface area contributed by atoms with E-state index in [0.29, 0.717) is 5.69 Å². The Morgan fingerprint density at radius 1 is 1.33 bits per heavy atom. The molecule has 2 aromatic rings. The van der Waals surface area contributed by atoms with Gasteiger partial charge in [0.05, 0.1) is 10.6 Å². The molecule has 76 valence electrons. The molecule has 0 aliphatic carbocycles. The van der Waals surface area contributed by atoms with Crippen LogP contribution in [0.3, 0.4) is 0 Å². The average Bonchev–Trinajstić information content (AvgIpc) is 2.65. The van der Waals surface area contributed by atoms with Gasteiger partial charge >= 0.3 is 0 Å². The zero-order valence-corrected chi connectivity index (χ0v) is 7.58. The molecule has 0 bridgehead atoms. The molecular formula is C9H7N3O3. The van der Waals surface area contributed by atoms with Gasteiger partial charge in [-0.25, -0.2) is 0 Å². The Hall–Kier alpha value is -2.37. The van der Waals surface area contributed by atoms with Crippen LogP contribution in [0.4, 0.5) is 5.69 Å². The highest BCUT2D eigenvalue weighted by Gasteiger charge is 2.06. The van der Waals surface area contributed by atoms with Gasteiger partial charge in [0.2, 0.25) is 0 Å². The second-order valence-electron chi connectivity index (χ2n) is 2.94. The number of nitro benzene ring substituents is 1. The van der Waals surface area contributed by atoms with Crippen LogP contribution in [0.2, 0.25) is 0 Å². The van der Waals surface area contributed by atoms with Crippen molar-refractivity contribution in [2.45, 2.75) is 0 Å². The Kier molecular flexibility index (Phi) is 2.09. The number of hydrogen-bond donors (Lipinski definition) is 1. The van der Waals surface area contributed by atoms with Gasteiger partial charge in [0.15, 0.2) is 0 Å². The molecule has 0 spiro atoms. The van der Waals surface area contributed by atoms with E-state index >= 15 is 0 Å². The highest BCUT2D eigenvalue weighted by Crippen LogP contribution is 2.15. The average molecular weight is 205 g/mol. The van der Waals surface area contributed by atoms with Crippen LogP contribution >= 0.6 is 0 Å². The van der Waals surface area contributed by atoms with Crippen LogP contribution in [-0.2, 0) is 0 Å². The zero-order chi connectivity index (χ0) is 10.8. The lowest BCUT2D eigenvalue weighted by molar-refractivity contribution is -0.384. The lowest BCUT2D eigenvalue weighted by atomic mass is 10.3. The number of nitrogens with zero attached hydrogens (tertiary/aromatic N) is 2. The standard InChI is InChI=1S/C9H7N3O3/c13-9-4-5-11(10-9)7-2-1-3-8(6-7)12(14)15/h1-6H,(H,10,13). The SMILES string of the molecule is O=c1ccn(-c2cccc([N+](=O)[O-])c2)[nH]1. The molecule has 6 nitrogen and oxygen atoms in total. The molecule has 1 N–H and O–H groups in total. The van der Waals surface area contributed by atoms with E-state index in [0.717, 1.165) is 0 Å². The first-order valence-corrected chi connectivity index (χ1v) is 4.19. The first-order chi connectivity index (χ1) is 7.16. The molecule has 0 saturated carbocycles. The van der Waals surface area contributed by atoms with Crippen LogP contribution in [0, 0.1) is 10.1 Å². The van der Waals surface area contributed by atoms with E-state index in [-0.39, 0.29) is 11.2 Å². The van der Waals surface area contributed by atoms with E-state index in [1.54, 1.807) is 12.1 Å². The Bertz CT molecular complexity index is 555. The predicted molar refractivity (Wildman–Crippen MR) is 53.0 cm³/mol. The van der Waals surface area contributed by atoms with E-state index in [9.17, 15) is 14.9 Å². The molecule has 0 amide bonds. The molecule has 1 aromatic carbocycles. The number of H-pyrrole nitrogens is 1. The summed E-state index contributed by atoms with van der Waals surface area (Å²) < 4.78 is 1.43. The summed E-state index contributed by atoms with van der Waals surface area (Å²) in [5.41, 5.74) is 0.287. The van der Waals surface area contributed by atoms with Gasteiger partial charge in [-0.3, -0.25) is 24.7 Å². The van der Waals surface area contributed by atoms with E-state index in [1.807, 2.05) is 0 Å². The van der Waals surface area contributed by atoms with Gasteiger partial charge in [0, 0.05) is 24.4 Å². The quantitative estimate of drug-likeness (QED) is 0.588. The van der Waals surface area contributed by atoms with Crippen LogP contribution < -0.4 is 5.56 Å². The minimum absolute atomic E-state index is 0.0120. The largest absolute Gasteiger partial charge is 0.271 e. The molecule has 0 aliphatic rings. The number of aromatic amines is 1. The maximum absolute atomic E-state index is 10.9. The fourth-order valence-electron chi connectivity index (χ4n) is 1.24. The van der Waals surface area contributed by atoms with Crippen molar-refractivity contribution in [3.05, 3.63) is 57.0 Å². The molecule has 15 heavy (non-hydrogen) atoms. The molecule has 0 saturated heterocycles. The molecule has 2 rings (SSSR count). The number of nitro groups is 1. The fraction of sp³-hybridized carbons (Fsp3) is 0. The molecular weight excluding hydrogens is 198 g/mol. The summed E-state index contributed by atoms with van der Waals surface area (Å²) in [6.07, 6.45) is 1.52. The van der Waals surface area contributed by atoms with Crippen molar-refractivity contribution in [2.24, 2.45) is 0 Å². The van der Waals surface area contributed by atoms with E-state index in [1.165, 1.54) is 29.1 Å². The van der Waals surface area contributed by atoms with E-state index < -0.39 is 4.92 Å². The van der Waals surface area contributed by atoms with Gasteiger partial charge in [-0.1, -0.05) is 6.07 Å². The number of benzene rings is 1. The number of nitrogens with one attached hydrogen (secondary N) is 1. The second kappa shape index (κ2) is 3.41. The van der Waals surface area contributed by atoms with Gasteiger partial charge in [0.25, 0.3) is 11.2 Å². The third-order valence-electron chi connectivity index (χ3n) is 1.92. The van der Waals surface area contributed by atoms with Crippen LogP contribution in [0.5, 0.6) is 0 Å². The lowest BCUT2D eigenvalue weighted by Gasteiger charge is -2.00. The van der Waals surface area contributed by atoms with Crippen LogP contribution in [-0.4, -0.2) is 14.7 Å². The summed E-state index contributed by atoms with van der Waals surface area (Å²) in [4.78, 5) is 20.9. The number of aromatic nitrogens is 2.